The summed E-state index contributed by atoms with van der Waals surface area (Å²) < 4.78 is 5.40. The van der Waals surface area contributed by atoms with Gasteiger partial charge in [-0.2, -0.15) is 0 Å². The third kappa shape index (κ3) is 1.93. The molecule has 0 spiro atoms. The van der Waals surface area contributed by atoms with Crippen LogP contribution in [0.1, 0.15) is 18.9 Å². The van der Waals surface area contributed by atoms with Crippen LogP contribution in [0.4, 0.5) is 5.82 Å². The molecular weight excluding hydrogens is 240 g/mol. The number of nitrogen functional groups attached to an aromatic ring is 1. The van der Waals surface area contributed by atoms with Crippen LogP contribution >= 0.6 is 0 Å². The average Bonchev–Trinajstić information content (AvgIpc) is 2.80. The van der Waals surface area contributed by atoms with Crippen molar-refractivity contribution in [3.05, 3.63) is 36.2 Å². The second-order valence-electron chi connectivity index (χ2n) is 4.36. The molecule has 0 atom stereocenters. The average molecular weight is 254 g/mol. The normalized spacial score (nSPS) is 11.0. The molecule has 5 nitrogen and oxygen atoms in total. The molecule has 0 fully saturated rings. The number of benzene rings is 1. The van der Waals surface area contributed by atoms with Crippen molar-refractivity contribution in [2.75, 3.05) is 5.73 Å². The molecule has 5 heteroatoms. The topological polar surface area (TPSA) is 77.8 Å². The highest BCUT2D eigenvalue weighted by Gasteiger charge is 2.17. The number of aromatic nitrogens is 3. The van der Waals surface area contributed by atoms with Gasteiger partial charge in [-0.3, -0.25) is 9.97 Å². The van der Waals surface area contributed by atoms with Gasteiger partial charge in [-0.25, -0.2) is 0 Å². The van der Waals surface area contributed by atoms with E-state index in [2.05, 4.69) is 22.0 Å². The van der Waals surface area contributed by atoms with Crippen LogP contribution in [0.5, 0.6) is 0 Å². The molecule has 0 saturated carbocycles. The molecule has 0 aliphatic rings. The van der Waals surface area contributed by atoms with Gasteiger partial charge in [0, 0.05) is 23.5 Å². The maximum atomic E-state index is 5.87. The van der Waals surface area contributed by atoms with Crippen LogP contribution in [0.15, 0.2) is 35.1 Å². The van der Waals surface area contributed by atoms with E-state index in [9.17, 15) is 0 Å². The monoisotopic (exact) mass is 254 g/mol. The molecule has 2 heterocycles. The highest BCUT2D eigenvalue weighted by Crippen LogP contribution is 2.32. The predicted molar refractivity (Wildman–Crippen MR) is 73.4 cm³/mol. The van der Waals surface area contributed by atoms with E-state index in [0.717, 1.165) is 35.0 Å². The molecule has 0 aliphatic carbocycles. The minimum absolute atomic E-state index is 0.456. The molecule has 0 aliphatic heterocycles. The minimum atomic E-state index is 0.456. The first-order chi connectivity index (χ1) is 9.31. The molecular formula is C14H14N4O. The molecule has 19 heavy (non-hydrogen) atoms. The van der Waals surface area contributed by atoms with Gasteiger partial charge in [-0.1, -0.05) is 24.6 Å². The maximum absolute atomic E-state index is 5.87. The summed E-state index contributed by atoms with van der Waals surface area (Å²) in [4.78, 5) is 8.67. The first-order valence-electron chi connectivity index (χ1n) is 6.25. The third-order valence-electron chi connectivity index (χ3n) is 3.06. The van der Waals surface area contributed by atoms with E-state index >= 15 is 0 Å². The summed E-state index contributed by atoms with van der Waals surface area (Å²) in [6.45, 7) is 2.10. The Morgan fingerprint density at radius 1 is 1.21 bits per heavy atom. The summed E-state index contributed by atoms with van der Waals surface area (Å²) in [5, 5.41) is 3.87. The first kappa shape index (κ1) is 11.6. The Morgan fingerprint density at radius 3 is 2.89 bits per heavy atom. The largest absolute Gasteiger partial charge is 0.381 e. The Labute approximate surface area is 110 Å². The van der Waals surface area contributed by atoms with E-state index < -0.39 is 0 Å². The zero-order valence-electron chi connectivity index (χ0n) is 10.6. The molecule has 1 aromatic carbocycles. The van der Waals surface area contributed by atoms with E-state index in [0.29, 0.717) is 11.6 Å². The first-order valence-corrected chi connectivity index (χ1v) is 6.25. The van der Waals surface area contributed by atoms with E-state index in [1.807, 2.05) is 18.2 Å². The Hall–Kier alpha value is -2.43. The van der Waals surface area contributed by atoms with Crippen LogP contribution in [-0.4, -0.2) is 15.1 Å². The SMILES string of the molecule is CCCc1c(N)noc1-c1cccc2nccnc12. The van der Waals surface area contributed by atoms with Crippen molar-refractivity contribution >= 4 is 16.9 Å². The molecule has 96 valence electrons. The Morgan fingerprint density at radius 2 is 2.05 bits per heavy atom. The number of fused-ring (bicyclic) bond motifs is 1. The minimum Gasteiger partial charge on any atom is -0.381 e. The molecule has 2 aromatic heterocycles. The number of hydrogen-bond acceptors (Lipinski definition) is 5. The number of anilines is 1. The summed E-state index contributed by atoms with van der Waals surface area (Å²) in [5.74, 6) is 1.16. The van der Waals surface area contributed by atoms with Gasteiger partial charge < -0.3 is 10.3 Å². The highest BCUT2D eigenvalue weighted by atomic mass is 16.5. The molecule has 0 saturated heterocycles. The zero-order valence-corrected chi connectivity index (χ0v) is 10.6. The fourth-order valence-electron chi connectivity index (χ4n) is 2.20. The van der Waals surface area contributed by atoms with Crippen molar-refractivity contribution < 1.29 is 4.52 Å². The molecule has 0 bridgehead atoms. The molecule has 0 amide bonds. The van der Waals surface area contributed by atoms with Crippen molar-refractivity contribution in [2.24, 2.45) is 0 Å². The quantitative estimate of drug-likeness (QED) is 0.777. The number of rotatable bonds is 3. The Bertz CT molecular complexity index is 715. The van der Waals surface area contributed by atoms with Gasteiger partial charge in [0.25, 0.3) is 0 Å². The van der Waals surface area contributed by atoms with E-state index in [-0.39, 0.29) is 0 Å². The zero-order chi connectivity index (χ0) is 13.2. The number of para-hydroxylation sites is 1. The van der Waals surface area contributed by atoms with Gasteiger partial charge in [0.05, 0.1) is 11.0 Å². The van der Waals surface area contributed by atoms with Crippen LogP contribution in [0.3, 0.4) is 0 Å². The van der Waals surface area contributed by atoms with Crippen molar-refractivity contribution in [1.82, 2.24) is 15.1 Å². The molecule has 3 aromatic rings. The molecule has 2 N–H and O–H groups in total. The third-order valence-corrected chi connectivity index (χ3v) is 3.06. The summed E-state index contributed by atoms with van der Waals surface area (Å²) in [5.41, 5.74) is 9.34. The van der Waals surface area contributed by atoms with E-state index in [1.165, 1.54) is 0 Å². The second kappa shape index (κ2) is 4.68. The van der Waals surface area contributed by atoms with Crippen molar-refractivity contribution in [1.29, 1.82) is 0 Å². The van der Waals surface area contributed by atoms with Crippen molar-refractivity contribution in [3.8, 4) is 11.3 Å². The van der Waals surface area contributed by atoms with Crippen LogP contribution in [0.25, 0.3) is 22.4 Å². The lowest BCUT2D eigenvalue weighted by Gasteiger charge is -2.03. The van der Waals surface area contributed by atoms with Gasteiger partial charge in [-0.05, 0) is 18.6 Å². The summed E-state index contributed by atoms with van der Waals surface area (Å²) in [6.07, 6.45) is 5.16. The standard InChI is InChI=1S/C14H14N4O/c1-2-4-10-13(19-18-14(10)15)9-5-3-6-11-12(9)17-8-7-16-11/h3,5-8H,2,4H2,1H3,(H2,15,18). The van der Waals surface area contributed by atoms with Gasteiger partial charge in [-0.15, -0.1) is 0 Å². The second-order valence-corrected chi connectivity index (χ2v) is 4.36. The highest BCUT2D eigenvalue weighted by molar-refractivity contribution is 5.91. The van der Waals surface area contributed by atoms with Crippen LogP contribution in [-0.2, 0) is 6.42 Å². The molecule has 0 radical (unpaired) electrons. The van der Waals surface area contributed by atoms with Crippen molar-refractivity contribution in [2.45, 2.75) is 19.8 Å². The number of hydrogen-bond donors (Lipinski definition) is 1. The van der Waals surface area contributed by atoms with E-state index in [1.54, 1.807) is 12.4 Å². The Kier molecular flexibility index (Phi) is 2.87. The van der Waals surface area contributed by atoms with Crippen LogP contribution < -0.4 is 5.73 Å². The van der Waals surface area contributed by atoms with Crippen LogP contribution in [0, 0.1) is 0 Å². The maximum Gasteiger partial charge on any atom is 0.174 e. The van der Waals surface area contributed by atoms with Gasteiger partial charge in [0.1, 0.15) is 0 Å². The Balaban J connectivity index is 2.25. The lowest BCUT2D eigenvalue weighted by molar-refractivity contribution is 0.435. The van der Waals surface area contributed by atoms with Crippen LogP contribution in [0.2, 0.25) is 0 Å². The molecule has 0 unspecified atom stereocenters. The lowest BCUT2D eigenvalue weighted by Crippen LogP contribution is -1.93. The smallest absolute Gasteiger partial charge is 0.174 e. The van der Waals surface area contributed by atoms with Gasteiger partial charge in [0.2, 0.25) is 0 Å². The van der Waals surface area contributed by atoms with Gasteiger partial charge >= 0.3 is 0 Å². The fourth-order valence-corrected chi connectivity index (χ4v) is 2.20. The summed E-state index contributed by atoms with van der Waals surface area (Å²) >= 11 is 0. The predicted octanol–water partition coefficient (Wildman–Crippen LogP) is 2.82. The van der Waals surface area contributed by atoms with E-state index in [4.69, 9.17) is 10.3 Å². The summed E-state index contributed by atoms with van der Waals surface area (Å²) in [6, 6.07) is 5.81. The molecule has 3 rings (SSSR count). The number of nitrogens with zero attached hydrogens (tertiary/aromatic N) is 3. The van der Waals surface area contributed by atoms with Crippen molar-refractivity contribution in [3.63, 3.8) is 0 Å². The number of nitrogens with two attached hydrogens (primary N) is 1. The van der Waals surface area contributed by atoms with Gasteiger partial charge in [0.15, 0.2) is 11.6 Å². The lowest BCUT2D eigenvalue weighted by atomic mass is 10.0. The summed E-state index contributed by atoms with van der Waals surface area (Å²) in [7, 11) is 0. The fraction of sp³-hybridized carbons (Fsp3) is 0.214.